The molecule has 1 aliphatic carbocycles. The maximum atomic E-state index is 13.3. The second-order valence-corrected chi connectivity index (χ2v) is 10.1. The fourth-order valence-corrected chi connectivity index (χ4v) is 3.96. The summed E-state index contributed by atoms with van der Waals surface area (Å²) in [5.41, 5.74) is 4.66. The van der Waals surface area contributed by atoms with Crippen molar-refractivity contribution in [2.75, 3.05) is 0 Å². The standard InChI is InChI=1S/C25H32O2/c1-24(2,3)16-21(25(4,5)6)23(26)27-22-19-13-9-7-11-17(19)15-18-12-8-10-14-20(18)22/h7-14,21-22H,15-16H2,1-6H3. The highest BCUT2D eigenvalue weighted by Gasteiger charge is 2.38. The first kappa shape index (κ1) is 19.7. The van der Waals surface area contributed by atoms with E-state index < -0.39 is 0 Å². The van der Waals surface area contributed by atoms with Crippen LogP contribution in [0.4, 0.5) is 0 Å². The molecule has 0 spiro atoms. The molecule has 0 heterocycles. The average molecular weight is 365 g/mol. The lowest BCUT2D eigenvalue weighted by molar-refractivity contribution is -0.158. The first-order valence-electron chi connectivity index (χ1n) is 9.92. The molecule has 3 rings (SSSR count). The molecule has 0 fully saturated rings. The number of hydrogen-bond donors (Lipinski definition) is 0. The highest BCUT2D eigenvalue weighted by Crippen LogP contribution is 2.41. The van der Waals surface area contributed by atoms with Crippen molar-refractivity contribution in [2.45, 2.75) is 60.5 Å². The first-order valence-corrected chi connectivity index (χ1v) is 9.92. The average Bonchev–Trinajstić information content (AvgIpc) is 2.57. The van der Waals surface area contributed by atoms with Crippen molar-refractivity contribution in [2.24, 2.45) is 16.7 Å². The van der Waals surface area contributed by atoms with E-state index in [-0.39, 0.29) is 28.8 Å². The van der Waals surface area contributed by atoms with Crippen LogP contribution in [0.5, 0.6) is 0 Å². The van der Waals surface area contributed by atoms with Crippen LogP contribution in [0.3, 0.4) is 0 Å². The molecule has 1 aliphatic rings. The number of hydrogen-bond acceptors (Lipinski definition) is 2. The summed E-state index contributed by atoms with van der Waals surface area (Å²) in [4.78, 5) is 13.3. The minimum absolute atomic E-state index is 0.0688. The van der Waals surface area contributed by atoms with E-state index in [0.717, 1.165) is 24.0 Å². The van der Waals surface area contributed by atoms with Gasteiger partial charge in [-0.3, -0.25) is 4.79 Å². The molecule has 2 aromatic rings. The van der Waals surface area contributed by atoms with Crippen molar-refractivity contribution in [1.82, 2.24) is 0 Å². The molecule has 0 radical (unpaired) electrons. The van der Waals surface area contributed by atoms with Crippen LogP contribution in [0, 0.1) is 16.7 Å². The summed E-state index contributed by atoms with van der Waals surface area (Å²) >= 11 is 0. The molecular weight excluding hydrogens is 332 g/mol. The molecule has 0 bridgehead atoms. The molecule has 2 heteroatoms. The Morgan fingerprint density at radius 3 is 1.85 bits per heavy atom. The number of ether oxygens (including phenoxy) is 1. The lowest BCUT2D eigenvalue weighted by Gasteiger charge is -2.36. The van der Waals surface area contributed by atoms with Crippen molar-refractivity contribution in [3.8, 4) is 0 Å². The van der Waals surface area contributed by atoms with Crippen LogP contribution < -0.4 is 0 Å². The Kier molecular flexibility index (Phi) is 5.20. The minimum atomic E-state index is -0.316. The number of rotatable bonds is 3. The molecule has 0 saturated heterocycles. The summed E-state index contributed by atoms with van der Waals surface area (Å²) in [6, 6.07) is 16.7. The van der Waals surface area contributed by atoms with E-state index in [9.17, 15) is 4.79 Å². The SMILES string of the molecule is CC(C)(C)CC(C(=O)OC1c2ccccc2Cc2ccccc21)C(C)(C)C. The van der Waals surface area contributed by atoms with Crippen LogP contribution in [0.1, 0.15) is 76.3 Å². The smallest absolute Gasteiger partial charge is 0.310 e. The molecule has 0 aliphatic heterocycles. The van der Waals surface area contributed by atoms with Gasteiger partial charge in [0.2, 0.25) is 0 Å². The third-order valence-corrected chi connectivity index (χ3v) is 5.44. The number of carbonyl (C=O) groups is 1. The van der Waals surface area contributed by atoms with Gasteiger partial charge in [-0.25, -0.2) is 0 Å². The lowest BCUT2D eigenvalue weighted by atomic mass is 9.72. The normalized spacial score (nSPS) is 15.6. The third-order valence-electron chi connectivity index (χ3n) is 5.44. The third kappa shape index (κ3) is 4.43. The maximum Gasteiger partial charge on any atom is 0.310 e. The Balaban J connectivity index is 1.95. The van der Waals surface area contributed by atoms with E-state index >= 15 is 0 Å². The van der Waals surface area contributed by atoms with E-state index in [0.29, 0.717) is 0 Å². The Bertz CT molecular complexity index is 775. The Morgan fingerprint density at radius 1 is 0.926 bits per heavy atom. The molecule has 0 N–H and O–H groups in total. The van der Waals surface area contributed by atoms with E-state index in [4.69, 9.17) is 4.74 Å². The van der Waals surface area contributed by atoms with Crippen LogP contribution in [-0.4, -0.2) is 5.97 Å². The zero-order valence-corrected chi connectivity index (χ0v) is 17.5. The van der Waals surface area contributed by atoms with E-state index in [1.807, 2.05) is 12.1 Å². The number of carbonyl (C=O) groups excluding carboxylic acids is 1. The summed E-state index contributed by atoms with van der Waals surface area (Å²) in [6.07, 6.45) is 1.39. The van der Waals surface area contributed by atoms with Gasteiger partial charge in [-0.15, -0.1) is 0 Å². The second kappa shape index (κ2) is 7.14. The fraction of sp³-hybridized carbons (Fsp3) is 0.480. The Hall–Kier alpha value is -2.09. The molecule has 0 aromatic heterocycles. The van der Waals surface area contributed by atoms with Gasteiger partial charge in [-0.2, -0.15) is 0 Å². The lowest BCUT2D eigenvalue weighted by Crippen LogP contribution is -2.35. The zero-order valence-electron chi connectivity index (χ0n) is 17.5. The van der Waals surface area contributed by atoms with Crippen molar-refractivity contribution >= 4 is 5.97 Å². The minimum Gasteiger partial charge on any atom is -0.452 e. The Morgan fingerprint density at radius 2 is 1.41 bits per heavy atom. The van der Waals surface area contributed by atoms with Gasteiger partial charge >= 0.3 is 5.97 Å². The fourth-order valence-electron chi connectivity index (χ4n) is 3.96. The van der Waals surface area contributed by atoms with Gasteiger partial charge in [-0.1, -0.05) is 90.1 Å². The van der Waals surface area contributed by atoms with Crippen LogP contribution in [-0.2, 0) is 16.0 Å². The molecule has 0 saturated carbocycles. The van der Waals surface area contributed by atoms with E-state index in [1.54, 1.807) is 0 Å². The monoisotopic (exact) mass is 364 g/mol. The predicted molar refractivity (Wildman–Crippen MR) is 111 cm³/mol. The number of fused-ring (bicyclic) bond motifs is 2. The molecule has 27 heavy (non-hydrogen) atoms. The quantitative estimate of drug-likeness (QED) is 0.596. The van der Waals surface area contributed by atoms with Gasteiger partial charge in [-0.05, 0) is 34.8 Å². The van der Waals surface area contributed by atoms with Crippen LogP contribution in [0.15, 0.2) is 48.5 Å². The van der Waals surface area contributed by atoms with Crippen LogP contribution >= 0.6 is 0 Å². The highest BCUT2D eigenvalue weighted by atomic mass is 16.5. The molecule has 2 aromatic carbocycles. The van der Waals surface area contributed by atoms with Crippen molar-refractivity contribution in [3.63, 3.8) is 0 Å². The first-order chi connectivity index (χ1) is 12.6. The van der Waals surface area contributed by atoms with E-state index in [2.05, 4.69) is 77.9 Å². The van der Waals surface area contributed by atoms with Gasteiger partial charge in [0.1, 0.15) is 0 Å². The molecule has 0 amide bonds. The molecule has 2 nitrogen and oxygen atoms in total. The Labute approximate surface area is 164 Å². The van der Waals surface area contributed by atoms with Crippen molar-refractivity contribution < 1.29 is 9.53 Å². The van der Waals surface area contributed by atoms with Crippen molar-refractivity contribution in [1.29, 1.82) is 0 Å². The van der Waals surface area contributed by atoms with E-state index in [1.165, 1.54) is 11.1 Å². The van der Waals surface area contributed by atoms with Gasteiger partial charge < -0.3 is 4.74 Å². The van der Waals surface area contributed by atoms with Gasteiger partial charge in [0.25, 0.3) is 0 Å². The molecule has 1 atom stereocenters. The predicted octanol–water partition coefficient (Wildman–Crippen LogP) is 6.32. The summed E-state index contributed by atoms with van der Waals surface area (Å²) in [5, 5.41) is 0. The van der Waals surface area contributed by atoms with Gasteiger partial charge in [0.15, 0.2) is 6.10 Å². The largest absolute Gasteiger partial charge is 0.452 e. The molecular formula is C25H32O2. The number of benzene rings is 2. The number of esters is 1. The van der Waals surface area contributed by atoms with Gasteiger partial charge in [0.05, 0.1) is 5.92 Å². The summed E-state index contributed by atoms with van der Waals surface area (Å²) in [5.74, 6) is -0.229. The molecule has 144 valence electrons. The second-order valence-electron chi connectivity index (χ2n) is 10.1. The summed E-state index contributed by atoms with van der Waals surface area (Å²) < 4.78 is 6.24. The summed E-state index contributed by atoms with van der Waals surface area (Å²) in [6.45, 7) is 13.0. The van der Waals surface area contributed by atoms with Crippen LogP contribution in [0.25, 0.3) is 0 Å². The topological polar surface area (TPSA) is 26.3 Å². The zero-order chi connectivity index (χ0) is 19.8. The summed E-state index contributed by atoms with van der Waals surface area (Å²) in [7, 11) is 0. The van der Waals surface area contributed by atoms with Gasteiger partial charge in [0, 0.05) is 11.1 Å². The highest BCUT2D eigenvalue weighted by molar-refractivity contribution is 5.74. The van der Waals surface area contributed by atoms with Crippen molar-refractivity contribution in [3.05, 3.63) is 70.8 Å². The van der Waals surface area contributed by atoms with Crippen LogP contribution in [0.2, 0.25) is 0 Å². The molecule has 1 unspecified atom stereocenters. The maximum absolute atomic E-state index is 13.3.